The summed E-state index contributed by atoms with van der Waals surface area (Å²) >= 11 is 6.12. The third kappa shape index (κ3) is 3.14. The van der Waals surface area contributed by atoms with Crippen LogP contribution in [0.15, 0.2) is 96.1 Å². The first kappa shape index (κ1) is 22.9. The molecule has 4 atom stereocenters. The van der Waals surface area contributed by atoms with Crippen LogP contribution in [0.4, 0.5) is 0 Å². The maximum atomic E-state index is 14.6. The summed E-state index contributed by atoms with van der Waals surface area (Å²) in [6.07, 6.45) is 3.41. The van der Waals surface area contributed by atoms with Gasteiger partial charge in [0.25, 0.3) is 0 Å². The van der Waals surface area contributed by atoms with Crippen LogP contribution in [0.5, 0.6) is 0 Å². The van der Waals surface area contributed by atoms with Gasteiger partial charge in [-0.2, -0.15) is 0 Å². The van der Waals surface area contributed by atoms with Gasteiger partial charge in [0, 0.05) is 26.8 Å². The Morgan fingerprint density at radius 1 is 0.829 bits per heavy atom. The molecule has 0 amide bonds. The van der Waals surface area contributed by atoms with E-state index in [1.165, 1.54) is 22.3 Å². The predicted molar refractivity (Wildman–Crippen MR) is 143 cm³/mol. The molecule has 3 aromatic carbocycles. The lowest BCUT2D eigenvalue weighted by Gasteiger charge is -2.41. The molecular formula is C31H29ClO2S. The highest BCUT2D eigenvalue weighted by Gasteiger charge is 2.82. The second kappa shape index (κ2) is 8.01. The fourth-order valence-electron chi connectivity index (χ4n) is 7.14. The number of benzene rings is 3. The summed E-state index contributed by atoms with van der Waals surface area (Å²) in [5, 5.41) is 0.618. The van der Waals surface area contributed by atoms with Gasteiger partial charge >= 0.3 is 0 Å². The van der Waals surface area contributed by atoms with Crippen LogP contribution in [-0.2, 0) is 23.6 Å². The standard InChI is InChI=1S/C31H29ClO2S/c1-29-25(19-21-9-5-3-6-10-21)26(20-22-11-7-4-8-12-22)30(2,35(29)34)31(17-18-31)28(29)27(33)23-13-15-24(32)16-14-23/h3-16,28H,17-20H2,1-2H3/t28?,29-,30+,35?/m0/s1. The number of Topliss-reactive ketones (excluding diaryl/α,β-unsaturated/α-hetero) is 1. The summed E-state index contributed by atoms with van der Waals surface area (Å²) in [6, 6.07) is 28.1. The average molecular weight is 501 g/mol. The minimum Gasteiger partial charge on any atom is -0.294 e. The average Bonchev–Trinajstić information content (AvgIpc) is 3.63. The Morgan fingerprint density at radius 3 is 1.86 bits per heavy atom. The molecule has 6 rings (SSSR count). The Hall–Kier alpha value is -2.49. The molecule has 0 N–H and O–H groups in total. The Morgan fingerprint density at radius 2 is 1.34 bits per heavy atom. The Bertz CT molecular complexity index is 1360. The van der Waals surface area contributed by atoms with Gasteiger partial charge < -0.3 is 0 Å². The van der Waals surface area contributed by atoms with Crippen LogP contribution >= 0.6 is 11.6 Å². The summed E-state index contributed by atoms with van der Waals surface area (Å²) in [4.78, 5) is 14.2. The van der Waals surface area contributed by atoms with E-state index in [9.17, 15) is 9.00 Å². The second-order valence-electron chi connectivity index (χ2n) is 10.7. The molecule has 2 fully saturated rings. The van der Waals surface area contributed by atoms with E-state index in [0.717, 1.165) is 25.7 Å². The SMILES string of the molecule is C[C@@]12C(Cc3ccccc3)=C(Cc3ccccc3)[C@@](C)(S1=O)C1(CC1)C2C(=O)c1ccc(Cl)cc1. The molecule has 4 heteroatoms. The summed E-state index contributed by atoms with van der Waals surface area (Å²) in [5.41, 5.74) is 5.37. The summed E-state index contributed by atoms with van der Waals surface area (Å²) < 4.78 is 13.4. The van der Waals surface area contributed by atoms with Gasteiger partial charge in [0.1, 0.15) is 0 Å². The Labute approximate surface area is 214 Å². The molecule has 1 saturated carbocycles. The van der Waals surface area contributed by atoms with Gasteiger partial charge in [-0.1, -0.05) is 72.3 Å². The number of carbonyl (C=O) groups excluding carboxylic acids is 1. The van der Waals surface area contributed by atoms with Crippen molar-refractivity contribution in [3.63, 3.8) is 0 Å². The summed E-state index contributed by atoms with van der Waals surface area (Å²) in [7, 11) is -1.20. The van der Waals surface area contributed by atoms with Crippen LogP contribution in [-0.4, -0.2) is 19.5 Å². The molecule has 35 heavy (non-hydrogen) atoms. The topological polar surface area (TPSA) is 34.1 Å². The Kier molecular flexibility index (Phi) is 5.25. The van der Waals surface area contributed by atoms with Crippen LogP contribution in [0.3, 0.4) is 0 Å². The van der Waals surface area contributed by atoms with Crippen LogP contribution in [0.2, 0.25) is 5.02 Å². The van der Waals surface area contributed by atoms with Crippen molar-refractivity contribution in [2.75, 3.05) is 0 Å². The number of hydrogen-bond acceptors (Lipinski definition) is 2. The normalized spacial score (nSPS) is 30.1. The smallest absolute Gasteiger partial charge is 0.168 e. The Balaban J connectivity index is 1.54. The van der Waals surface area contributed by atoms with Gasteiger partial charge in [-0.05, 0) is 86.1 Å². The molecule has 1 spiro atoms. The molecule has 1 aliphatic carbocycles. The van der Waals surface area contributed by atoms with Crippen molar-refractivity contribution < 1.29 is 9.00 Å². The third-order valence-electron chi connectivity index (χ3n) is 8.98. The molecule has 0 radical (unpaired) electrons. The van der Waals surface area contributed by atoms with E-state index in [1.54, 1.807) is 12.1 Å². The number of carbonyl (C=O) groups is 1. The summed E-state index contributed by atoms with van der Waals surface area (Å²) in [5.74, 6) is -0.177. The zero-order valence-electron chi connectivity index (χ0n) is 20.1. The van der Waals surface area contributed by atoms with E-state index < -0.39 is 20.3 Å². The van der Waals surface area contributed by atoms with Gasteiger partial charge in [0.15, 0.2) is 5.78 Å². The van der Waals surface area contributed by atoms with Gasteiger partial charge in [-0.25, -0.2) is 0 Å². The molecule has 178 valence electrons. The molecule has 2 heterocycles. The first-order chi connectivity index (χ1) is 16.8. The number of hydrogen-bond donors (Lipinski definition) is 0. The number of rotatable bonds is 6. The lowest BCUT2D eigenvalue weighted by molar-refractivity contribution is 0.0814. The molecule has 2 aliphatic heterocycles. The lowest BCUT2D eigenvalue weighted by Crippen LogP contribution is -2.47. The molecular weight excluding hydrogens is 472 g/mol. The maximum absolute atomic E-state index is 14.6. The number of fused-ring (bicyclic) bond motifs is 3. The molecule has 1 saturated heterocycles. The zero-order chi connectivity index (χ0) is 24.4. The molecule has 0 aromatic heterocycles. The van der Waals surface area contributed by atoms with Crippen LogP contribution < -0.4 is 0 Å². The maximum Gasteiger partial charge on any atom is 0.168 e. The molecule has 3 aromatic rings. The molecule has 2 nitrogen and oxygen atoms in total. The second-order valence-corrected chi connectivity index (χ2v) is 13.3. The van der Waals surface area contributed by atoms with Crippen LogP contribution in [0.1, 0.15) is 48.2 Å². The highest BCUT2D eigenvalue weighted by atomic mass is 35.5. The van der Waals surface area contributed by atoms with Crippen molar-refractivity contribution in [3.8, 4) is 0 Å². The summed E-state index contributed by atoms with van der Waals surface area (Å²) in [6.45, 7) is 4.31. The monoisotopic (exact) mass is 500 g/mol. The fourth-order valence-corrected chi connectivity index (χ4v) is 10.2. The van der Waals surface area contributed by atoms with E-state index in [2.05, 4.69) is 62.4 Å². The third-order valence-corrected chi connectivity index (χ3v) is 11.9. The van der Waals surface area contributed by atoms with Crippen LogP contribution in [0, 0.1) is 11.3 Å². The first-order valence-electron chi connectivity index (χ1n) is 12.3. The highest BCUT2D eigenvalue weighted by molar-refractivity contribution is 7.89. The minimum atomic E-state index is -1.20. The van der Waals surface area contributed by atoms with Crippen LogP contribution in [0.25, 0.3) is 0 Å². The van der Waals surface area contributed by atoms with Gasteiger partial charge in [-0.3, -0.25) is 9.00 Å². The van der Waals surface area contributed by atoms with E-state index in [0.29, 0.717) is 10.6 Å². The molecule has 2 bridgehead atoms. The minimum absolute atomic E-state index is 0.114. The largest absolute Gasteiger partial charge is 0.294 e. The molecule has 2 unspecified atom stereocenters. The van der Waals surface area contributed by atoms with Crippen molar-refractivity contribution >= 4 is 28.2 Å². The highest BCUT2D eigenvalue weighted by Crippen LogP contribution is 2.78. The molecule has 3 aliphatic rings. The van der Waals surface area contributed by atoms with E-state index in [4.69, 9.17) is 11.6 Å². The van der Waals surface area contributed by atoms with E-state index in [-0.39, 0.29) is 17.1 Å². The predicted octanol–water partition coefficient (Wildman–Crippen LogP) is 6.99. The fraction of sp³-hybridized carbons (Fsp3) is 0.323. The van der Waals surface area contributed by atoms with E-state index >= 15 is 0 Å². The van der Waals surface area contributed by atoms with Crippen molar-refractivity contribution in [3.05, 3.63) is 118 Å². The zero-order valence-corrected chi connectivity index (χ0v) is 21.7. The van der Waals surface area contributed by atoms with Gasteiger partial charge in [-0.15, -0.1) is 0 Å². The van der Waals surface area contributed by atoms with Crippen molar-refractivity contribution in [2.24, 2.45) is 11.3 Å². The van der Waals surface area contributed by atoms with Crippen molar-refractivity contribution in [1.29, 1.82) is 0 Å². The number of halogens is 1. The van der Waals surface area contributed by atoms with Crippen molar-refractivity contribution in [2.45, 2.75) is 49.0 Å². The first-order valence-corrected chi connectivity index (χ1v) is 13.9. The van der Waals surface area contributed by atoms with E-state index in [1.807, 2.05) is 24.3 Å². The van der Waals surface area contributed by atoms with Crippen molar-refractivity contribution in [1.82, 2.24) is 0 Å². The number of ketones is 1. The quantitative estimate of drug-likeness (QED) is 0.270. The lowest BCUT2D eigenvalue weighted by atomic mass is 9.59. The van der Waals surface area contributed by atoms with Gasteiger partial charge in [0.2, 0.25) is 0 Å². The van der Waals surface area contributed by atoms with Gasteiger partial charge in [0.05, 0.1) is 15.4 Å².